The zero-order valence-electron chi connectivity index (χ0n) is 15.1. The zero-order chi connectivity index (χ0) is 16.7. The van der Waals surface area contributed by atoms with Gasteiger partial charge in [-0.2, -0.15) is 0 Å². The van der Waals surface area contributed by atoms with Gasteiger partial charge in [0, 0.05) is 45.8 Å². The molecule has 24 heavy (non-hydrogen) atoms. The van der Waals surface area contributed by atoms with Gasteiger partial charge in [-0.15, -0.1) is 24.0 Å². The van der Waals surface area contributed by atoms with Crippen LogP contribution in [0.1, 0.15) is 33.6 Å². The van der Waals surface area contributed by atoms with Crippen molar-refractivity contribution in [3.05, 3.63) is 0 Å². The molecule has 0 atom stereocenters. The smallest absolute Gasteiger partial charge is 0.410 e. The van der Waals surface area contributed by atoms with Crippen LogP contribution in [0.3, 0.4) is 0 Å². The molecular weight excluding hydrogens is 421 g/mol. The average Bonchev–Trinajstić information content (AvgIpc) is 2.51. The highest BCUT2D eigenvalue weighted by Gasteiger charge is 2.25. The predicted octanol–water partition coefficient (Wildman–Crippen LogP) is 1.49. The molecule has 0 aliphatic carbocycles. The molecule has 1 amide bonds. The number of hydrogen-bond acceptors (Lipinski definition) is 6. The highest BCUT2D eigenvalue weighted by molar-refractivity contribution is 14.0. The van der Waals surface area contributed by atoms with Crippen LogP contribution in [0.15, 0.2) is 4.99 Å². The maximum absolute atomic E-state index is 12.0. The number of guanidine groups is 1. The Kier molecular flexibility index (Phi) is 9.11. The molecule has 2 aliphatic heterocycles. The van der Waals surface area contributed by atoms with E-state index < -0.39 is 5.60 Å². The van der Waals surface area contributed by atoms with Crippen molar-refractivity contribution in [2.24, 2.45) is 4.99 Å². The van der Waals surface area contributed by atoms with Gasteiger partial charge in [-0.1, -0.05) is 0 Å². The van der Waals surface area contributed by atoms with Gasteiger partial charge >= 0.3 is 6.09 Å². The number of aliphatic imine (C=N–C) groups is 1. The highest BCUT2D eigenvalue weighted by atomic mass is 127. The molecule has 1 saturated heterocycles. The molecule has 0 bridgehead atoms. The molecule has 0 aromatic carbocycles. The van der Waals surface area contributed by atoms with E-state index in [9.17, 15) is 4.79 Å². The van der Waals surface area contributed by atoms with Crippen molar-refractivity contribution in [3.8, 4) is 0 Å². The Labute approximate surface area is 162 Å². The number of carbonyl (C=O) groups excluding carboxylic acids is 1. The number of nitrogens with one attached hydrogen (secondary N) is 2. The van der Waals surface area contributed by atoms with E-state index in [2.05, 4.69) is 20.5 Å². The molecule has 2 rings (SSSR count). The van der Waals surface area contributed by atoms with Gasteiger partial charge in [0.25, 0.3) is 0 Å². The number of rotatable bonds is 4. The van der Waals surface area contributed by atoms with Crippen molar-refractivity contribution >= 4 is 36.0 Å². The molecule has 2 aliphatic rings. The maximum atomic E-state index is 12.0. The van der Waals surface area contributed by atoms with Gasteiger partial charge in [0.15, 0.2) is 5.96 Å². The summed E-state index contributed by atoms with van der Waals surface area (Å²) in [6.45, 7) is 12.9. The van der Waals surface area contributed by atoms with E-state index in [0.717, 1.165) is 71.2 Å². The van der Waals surface area contributed by atoms with Crippen molar-refractivity contribution in [1.82, 2.24) is 20.4 Å². The van der Waals surface area contributed by atoms with Crippen LogP contribution >= 0.6 is 24.0 Å². The lowest BCUT2D eigenvalue weighted by Crippen LogP contribution is -2.50. The topological polar surface area (TPSA) is 69.2 Å². The Bertz CT molecular complexity index is 417. The molecule has 2 heterocycles. The fraction of sp³-hybridized carbons (Fsp3) is 0.875. The highest BCUT2D eigenvalue weighted by Crippen LogP contribution is 2.11. The monoisotopic (exact) mass is 453 g/mol. The Balaban J connectivity index is 0.00000288. The number of piperazine rings is 1. The van der Waals surface area contributed by atoms with Crippen LogP contribution in [-0.4, -0.2) is 79.8 Å². The second kappa shape index (κ2) is 10.3. The van der Waals surface area contributed by atoms with E-state index in [0.29, 0.717) is 0 Å². The van der Waals surface area contributed by atoms with Crippen LogP contribution in [0.5, 0.6) is 0 Å². The van der Waals surface area contributed by atoms with Crippen molar-refractivity contribution in [3.63, 3.8) is 0 Å². The van der Waals surface area contributed by atoms with Crippen molar-refractivity contribution in [2.75, 3.05) is 52.4 Å². The Morgan fingerprint density at radius 3 is 2.58 bits per heavy atom. The second-order valence-electron chi connectivity index (χ2n) is 7.10. The summed E-state index contributed by atoms with van der Waals surface area (Å²) in [6.07, 6.45) is 2.00. The van der Waals surface area contributed by atoms with Gasteiger partial charge in [0.05, 0.1) is 0 Å². The molecule has 0 spiro atoms. The van der Waals surface area contributed by atoms with E-state index in [1.165, 1.54) is 0 Å². The summed E-state index contributed by atoms with van der Waals surface area (Å²) in [5.41, 5.74) is -0.421. The molecule has 0 aromatic heterocycles. The number of hydrogen-bond donors (Lipinski definition) is 2. The third kappa shape index (κ3) is 7.87. The molecule has 2 N–H and O–H groups in total. The third-order valence-corrected chi connectivity index (χ3v) is 3.86. The first kappa shape index (κ1) is 21.3. The molecule has 140 valence electrons. The summed E-state index contributed by atoms with van der Waals surface area (Å²) < 4.78 is 5.42. The van der Waals surface area contributed by atoms with E-state index in [1.807, 2.05) is 20.8 Å². The Hall–Kier alpha value is -0.770. The lowest BCUT2D eigenvalue weighted by Gasteiger charge is -2.35. The summed E-state index contributed by atoms with van der Waals surface area (Å²) in [6, 6.07) is 0. The lowest BCUT2D eigenvalue weighted by molar-refractivity contribution is 0.0145. The molecule has 0 radical (unpaired) electrons. The summed E-state index contributed by atoms with van der Waals surface area (Å²) in [4.78, 5) is 20.6. The zero-order valence-corrected chi connectivity index (χ0v) is 17.5. The first-order chi connectivity index (χ1) is 10.9. The standard InChI is InChI=1S/C16H31N5O2.HI/c1-16(2,3)23-15(22)21-12-10-20(11-13-21)9-5-8-19-14-17-6-4-7-18-14;/h4-13H2,1-3H3,(H2,17,18,19);1H. The lowest BCUT2D eigenvalue weighted by atomic mass is 10.2. The van der Waals surface area contributed by atoms with Gasteiger partial charge in [-0.25, -0.2) is 4.79 Å². The summed E-state index contributed by atoms with van der Waals surface area (Å²) in [5.74, 6) is 0.936. The first-order valence-electron chi connectivity index (χ1n) is 8.66. The molecule has 7 nitrogen and oxygen atoms in total. The normalized spacial score (nSPS) is 19.0. The van der Waals surface area contributed by atoms with Crippen molar-refractivity contribution < 1.29 is 9.53 Å². The fourth-order valence-corrected chi connectivity index (χ4v) is 2.64. The van der Waals surface area contributed by atoms with Crippen LogP contribution in [0.4, 0.5) is 4.79 Å². The van der Waals surface area contributed by atoms with E-state index in [1.54, 1.807) is 4.90 Å². The maximum Gasteiger partial charge on any atom is 0.410 e. The van der Waals surface area contributed by atoms with Crippen LogP contribution in [0, 0.1) is 0 Å². The predicted molar refractivity (Wildman–Crippen MR) is 107 cm³/mol. The molecular formula is C16H32IN5O2. The molecule has 1 fully saturated rings. The van der Waals surface area contributed by atoms with Crippen LogP contribution in [-0.2, 0) is 4.74 Å². The molecule has 8 heteroatoms. The molecule has 0 aromatic rings. The Morgan fingerprint density at radius 2 is 2.00 bits per heavy atom. The van der Waals surface area contributed by atoms with Crippen LogP contribution in [0.2, 0.25) is 0 Å². The second-order valence-corrected chi connectivity index (χ2v) is 7.10. The molecule has 0 saturated carbocycles. The average molecular weight is 453 g/mol. The number of amides is 1. The Morgan fingerprint density at radius 1 is 1.29 bits per heavy atom. The fourth-order valence-electron chi connectivity index (χ4n) is 2.64. The minimum absolute atomic E-state index is 0. The van der Waals surface area contributed by atoms with Gasteiger partial charge in [-0.05, 0) is 40.2 Å². The summed E-state index contributed by atoms with van der Waals surface area (Å²) >= 11 is 0. The van der Waals surface area contributed by atoms with Crippen molar-refractivity contribution in [1.29, 1.82) is 0 Å². The van der Waals surface area contributed by atoms with E-state index >= 15 is 0 Å². The SMILES string of the molecule is CC(C)(C)OC(=O)N1CCN(CCCNC2=NCCCN2)CC1.I. The van der Waals surface area contributed by atoms with Gasteiger partial charge < -0.3 is 20.3 Å². The number of ether oxygens (including phenoxy) is 1. The van der Waals surface area contributed by atoms with E-state index in [-0.39, 0.29) is 30.1 Å². The van der Waals surface area contributed by atoms with Crippen LogP contribution < -0.4 is 10.6 Å². The van der Waals surface area contributed by atoms with Crippen molar-refractivity contribution in [2.45, 2.75) is 39.2 Å². The third-order valence-electron chi connectivity index (χ3n) is 3.86. The number of carbonyl (C=O) groups is 1. The van der Waals surface area contributed by atoms with Gasteiger partial charge in [0.1, 0.15) is 5.60 Å². The summed E-state index contributed by atoms with van der Waals surface area (Å²) in [5, 5.41) is 6.60. The molecule has 0 unspecified atom stereocenters. The van der Waals surface area contributed by atoms with Crippen LogP contribution in [0.25, 0.3) is 0 Å². The first-order valence-corrected chi connectivity index (χ1v) is 8.66. The van der Waals surface area contributed by atoms with E-state index in [4.69, 9.17) is 4.74 Å². The number of halogens is 1. The van der Waals surface area contributed by atoms with Gasteiger partial charge in [0.2, 0.25) is 0 Å². The minimum atomic E-state index is -0.421. The number of nitrogens with zero attached hydrogens (tertiary/aromatic N) is 3. The quantitative estimate of drug-likeness (QED) is 0.499. The van der Waals surface area contributed by atoms with Gasteiger partial charge in [-0.3, -0.25) is 9.89 Å². The summed E-state index contributed by atoms with van der Waals surface area (Å²) in [7, 11) is 0. The minimum Gasteiger partial charge on any atom is -0.444 e. The largest absolute Gasteiger partial charge is 0.444 e.